The SMILES string of the molecule is Cc1cccc(-n2nnnc2S[C@H](C)C(=O)N(C)C)c1. The second-order valence-corrected chi connectivity index (χ2v) is 6.01. The summed E-state index contributed by atoms with van der Waals surface area (Å²) in [5.74, 6) is 0.0359. The van der Waals surface area contributed by atoms with Gasteiger partial charge < -0.3 is 4.90 Å². The Morgan fingerprint density at radius 3 is 2.80 bits per heavy atom. The first-order chi connectivity index (χ1) is 9.49. The van der Waals surface area contributed by atoms with E-state index >= 15 is 0 Å². The lowest BCUT2D eigenvalue weighted by Crippen LogP contribution is -2.29. The fourth-order valence-corrected chi connectivity index (χ4v) is 2.70. The minimum absolute atomic E-state index is 0.0359. The quantitative estimate of drug-likeness (QED) is 0.800. The van der Waals surface area contributed by atoms with Gasteiger partial charge in [0.05, 0.1) is 10.9 Å². The van der Waals surface area contributed by atoms with E-state index in [9.17, 15) is 4.79 Å². The van der Waals surface area contributed by atoms with Crippen molar-refractivity contribution in [3.8, 4) is 5.69 Å². The predicted molar refractivity (Wildman–Crippen MR) is 77.9 cm³/mol. The van der Waals surface area contributed by atoms with E-state index in [0.29, 0.717) is 5.16 Å². The molecule has 20 heavy (non-hydrogen) atoms. The Hall–Kier alpha value is -1.89. The maximum absolute atomic E-state index is 11.9. The summed E-state index contributed by atoms with van der Waals surface area (Å²) in [6.45, 7) is 3.86. The predicted octanol–water partition coefficient (Wildman–Crippen LogP) is 1.54. The number of rotatable bonds is 4. The van der Waals surface area contributed by atoms with Gasteiger partial charge in [-0.25, -0.2) is 0 Å². The van der Waals surface area contributed by atoms with Crippen LogP contribution in [0.3, 0.4) is 0 Å². The standard InChI is InChI=1S/C13H17N5OS/c1-9-6-5-7-11(8-9)18-13(14-15-16-18)20-10(2)12(19)17(3)4/h5-8,10H,1-4H3/t10-/m1/s1. The van der Waals surface area contributed by atoms with Crippen molar-refractivity contribution in [2.75, 3.05) is 14.1 Å². The minimum Gasteiger partial charge on any atom is -0.348 e. The zero-order chi connectivity index (χ0) is 14.7. The zero-order valence-corrected chi connectivity index (χ0v) is 12.8. The van der Waals surface area contributed by atoms with E-state index < -0.39 is 0 Å². The molecule has 0 aliphatic rings. The lowest BCUT2D eigenvalue weighted by molar-refractivity contribution is -0.127. The Morgan fingerprint density at radius 2 is 2.15 bits per heavy atom. The normalized spacial score (nSPS) is 12.2. The van der Waals surface area contributed by atoms with Gasteiger partial charge in [-0.05, 0) is 42.0 Å². The molecule has 1 amide bonds. The number of hydrogen-bond acceptors (Lipinski definition) is 5. The number of hydrogen-bond donors (Lipinski definition) is 0. The van der Waals surface area contributed by atoms with E-state index in [1.807, 2.05) is 38.1 Å². The number of aromatic nitrogens is 4. The molecule has 6 nitrogen and oxygen atoms in total. The first-order valence-electron chi connectivity index (χ1n) is 6.22. The molecule has 1 aromatic heterocycles. The second-order valence-electron chi connectivity index (χ2n) is 4.71. The number of benzene rings is 1. The lowest BCUT2D eigenvalue weighted by atomic mass is 10.2. The lowest BCUT2D eigenvalue weighted by Gasteiger charge is -2.15. The van der Waals surface area contributed by atoms with Crippen molar-refractivity contribution in [3.05, 3.63) is 29.8 Å². The highest BCUT2D eigenvalue weighted by atomic mass is 32.2. The van der Waals surface area contributed by atoms with Crippen LogP contribution in [0.25, 0.3) is 5.69 Å². The van der Waals surface area contributed by atoms with Crippen LogP contribution in [-0.2, 0) is 4.79 Å². The van der Waals surface area contributed by atoms with Gasteiger partial charge in [-0.3, -0.25) is 4.79 Å². The fourth-order valence-electron chi connectivity index (χ4n) is 1.75. The van der Waals surface area contributed by atoms with Crippen LogP contribution in [0, 0.1) is 6.92 Å². The fraction of sp³-hybridized carbons (Fsp3) is 0.385. The molecule has 2 rings (SSSR count). The van der Waals surface area contributed by atoms with Crippen molar-refractivity contribution < 1.29 is 4.79 Å². The van der Waals surface area contributed by atoms with E-state index in [2.05, 4.69) is 15.5 Å². The molecule has 1 heterocycles. The smallest absolute Gasteiger partial charge is 0.235 e. The Morgan fingerprint density at radius 1 is 1.40 bits per heavy atom. The van der Waals surface area contributed by atoms with Crippen LogP contribution in [0.1, 0.15) is 12.5 Å². The number of carbonyl (C=O) groups is 1. The number of amides is 1. The number of aryl methyl sites for hydroxylation is 1. The Labute approximate surface area is 122 Å². The first-order valence-corrected chi connectivity index (χ1v) is 7.10. The zero-order valence-electron chi connectivity index (χ0n) is 11.9. The molecule has 0 spiro atoms. The van der Waals surface area contributed by atoms with Crippen molar-refractivity contribution in [2.24, 2.45) is 0 Å². The largest absolute Gasteiger partial charge is 0.348 e. The van der Waals surface area contributed by atoms with Gasteiger partial charge in [-0.1, -0.05) is 23.9 Å². The van der Waals surface area contributed by atoms with Crippen LogP contribution in [0.4, 0.5) is 0 Å². The third kappa shape index (κ3) is 3.16. The van der Waals surface area contributed by atoms with Gasteiger partial charge in [0.25, 0.3) is 0 Å². The van der Waals surface area contributed by atoms with Crippen molar-refractivity contribution >= 4 is 17.7 Å². The molecule has 1 aromatic carbocycles. The Kier molecular flexibility index (Phi) is 4.39. The maximum Gasteiger partial charge on any atom is 0.235 e. The summed E-state index contributed by atoms with van der Waals surface area (Å²) < 4.78 is 1.65. The molecule has 1 atom stereocenters. The molecule has 0 N–H and O–H groups in total. The van der Waals surface area contributed by atoms with Crippen LogP contribution >= 0.6 is 11.8 Å². The van der Waals surface area contributed by atoms with Crippen LogP contribution in [0.15, 0.2) is 29.4 Å². The number of thioether (sulfide) groups is 1. The van der Waals surface area contributed by atoms with E-state index in [-0.39, 0.29) is 11.2 Å². The summed E-state index contributed by atoms with van der Waals surface area (Å²) >= 11 is 1.35. The number of nitrogens with zero attached hydrogens (tertiary/aromatic N) is 5. The minimum atomic E-state index is -0.237. The van der Waals surface area contributed by atoms with Gasteiger partial charge in [0.1, 0.15) is 0 Å². The van der Waals surface area contributed by atoms with Crippen molar-refractivity contribution in [2.45, 2.75) is 24.3 Å². The summed E-state index contributed by atoms with van der Waals surface area (Å²) in [5.41, 5.74) is 2.02. The van der Waals surface area contributed by atoms with Gasteiger partial charge >= 0.3 is 0 Å². The topological polar surface area (TPSA) is 63.9 Å². The van der Waals surface area contributed by atoms with Crippen molar-refractivity contribution in [1.29, 1.82) is 0 Å². The van der Waals surface area contributed by atoms with Crippen LogP contribution in [0.5, 0.6) is 0 Å². The summed E-state index contributed by atoms with van der Waals surface area (Å²) in [5, 5.41) is 12.1. The summed E-state index contributed by atoms with van der Waals surface area (Å²) in [6, 6.07) is 7.90. The molecular formula is C13H17N5OS. The van der Waals surface area contributed by atoms with Crippen LogP contribution in [0.2, 0.25) is 0 Å². The molecular weight excluding hydrogens is 274 g/mol. The van der Waals surface area contributed by atoms with Crippen LogP contribution < -0.4 is 0 Å². The highest BCUT2D eigenvalue weighted by molar-refractivity contribution is 8.00. The van der Waals surface area contributed by atoms with Gasteiger partial charge in [0.2, 0.25) is 11.1 Å². The number of carbonyl (C=O) groups excluding carboxylic acids is 1. The molecule has 0 unspecified atom stereocenters. The van der Waals surface area contributed by atoms with E-state index in [4.69, 9.17) is 0 Å². The first kappa shape index (κ1) is 14.5. The summed E-state index contributed by atoms with van der Waals surface area (Å²) in [7, 11) is 3.48. The number of tetrazole rings is 1. The monoisotopic (exact) mass is 291 g/mol. The van der Waals surface area contributed by atoms with E-state index in [0.717, 1.165) is 11.3 Å². The molecule has 0 saturated heterocycles. The Balaban J connectivity index is 2.23. The average Bonchev–Trinajstić information content (AvgIpc) is 2.85. The molecule has 0 bridgehead atoms. The molecule has 106 valence electrons. The summed E-state index contributed by atoms with van der Waals surface area (Å²) in [4.78, 5) is 13.5. The molecule has 7 heteroatoms. The van der Waals surface area contributed by atoms with Gasteiger partial charge in [-0.15, -0.1) is 5.10 Å². The van der Waals surface area contributed by atoms with Crippen molar-refractivity contribution in [3.63, 3.8) is 0 Å². The third-order valence-corrected chi connectivity index (χ3v) is 3.78. The highest BCUT2D eigenvalue weighted by Crippen LogP contribution is 2.23. The average molecular weight is 291 g/mol. The van der Waals surface area contributed by atoms with Gasteiger partial charge in [0.15, 0.2) is 0 Å². The van der Waals surface area contributed by atoms with E-state index in [1.165, 1.54) is 11.8 Å². The molecule has 0 radical (unpaired) electrons. The summed E-state index contributed by atoms with van der Waals surface area (Å²) in [6.07, 6.45) is 0. The van der Waals surface area contributed by atoms with Gasteiger partial charge in [0, 0.05) is 14.1 Å². The molecule has 0 saturated carbocycles. The third-order valence-electron chi connectivity index (χ3n) is 2.76. The molecule has 0 aliphatic heterocycles. The maximum atomic E-state index is 11.9. The van der Waals surface area contributed by atoms with Crippen LogP contribution in [-0.4, -0.2) is 50.4 Å². The van der Waals surface area contributed by atoms with E-state index in [1.54, 1.807) is 23.7 Å². The molecule has 0 aliphatic carbocycles. The molecule has 2 aromatic rings. The van der Waals surface area contributed by atoms with Crippen molar-refractivity contribution in [1.82, 2.24) is 25.1 Å². The van der Waals surface area contributed by atoms with Gasteiger partial charge in [-0.2, -0.15) is 4.68 Å². The highest BCUT2D eigenvalue weighted by Gasteiger charge is 2.20. The molecule has 0 fully saturated rings. The Bertz CT molecular complexity index is 610. The second kappa shape index (κ2) is 6.04.